The second kappa shape index (κ2) is 6.75. The zero-order valence-electron chi connectivity index (χ0n) is 15.7. The number of rotatable bonds is 3. The number of furan rings is 1. The molecule has 0 spiro atoms. The van der Waals surface area contributed by atoms with Gasteiger partial charge >= 0.3 is 15.6 Å². The maximum atomic E-state index is 13.0. The molecule has 4 aromatic carbocycles. The molecule has 5 aromatic rings. The van der Waals surface area contributed by atoms with Crippen LogP contribution in [-0.2, 0) is 10.1 Å². The number of benzene rings is 4. The summed E-state index contributed by atoms with van der Waals surface area (Å²) in [6.45, 7) is 0. The maximum Gasteiger partial charge on any atom is 0.534 e. The van der Waals surface area contributed by atoms with Crippen LogP contribution in [0.4, 0.5) is 13.2 Å². The van der Waals surface area contributed by atoms with Crippen LogP contribution in [0.25, 0.3) is 43.8 Å². The molecule has 0 aliphatic rings. The van der Waals surface area contributed by atoms with Crippen molar-refractivity contribution >= 4 is 42.8 Å². The first-order valence-corrected chi connectivity index (χ1v) is 10.6. The van der Waals surface area contributed by atoms with Crippen molar-refractivity contribution in [2.45, 2.75) is 5.51 Å². The van der Waals surface area contributed by atoms with Crippen LogP contribution in [0.15, 0.2) is 83.3 Å². The summed E-state index contributed by atoms with van der Waals surface area (Å²) in [6.07, 6.45) is 0. The molecular weight excluding hydrogens is 429 g/mol. The van der Waals surface area contributed by atoms with Crippen molar-refractivity contribution in [2.75, 3.05) is 0 Å². The quantitative estimate of drug-likeness (QED) is 0.232. The SMILES string of the molecule is O=S(=O)(Oc1ccc(-c2ccccc2)c2oc3cc4ccccc4cc3c12)C(F)(F)F. The van der Waals surface area contributed by atoms with Gasteiger partial charge in [-0.2, -0.15) is 21.6 Å². The van der Waals surface area contributed by atoms with E-state index < -0.39 is 21.4 Å². The van der Waals surface area contributed by atoms with Gasteiger partial charge in [-0.3, -0.25) is 0 Å². The van der Waals surface area contributed by atoms with Gasteiger partial charge in [-0.15, -0.1) is 0 Å². The smallest absolute Gasteiger partial charge is 0.455 e. The van der Waals surface area contributed by atoms with Crippen molar-refractivity contribution < 1.29 is 30.2 Å². The van der Waals surface area contributed by atoms with Crippen molar-refractivity contribution in [3.8, 4) is 16.9 Å². The van der Waals surface area contributed by atoms with Gasteiger partial charge < -0.3 is 8.60 Å². The molecule has 8 heteroatoms. The van der Waals surface area contributed by atoms with Crippen LogP contribution in [0, 0.1) is 0 Å². The third-order valence-corrected chi connectivity index (χ3v) is 5.98. The highest BCUT2D eigenvalue weighted by molar-refractivity contribution is 7.88. The van der Waals surface area contributed by atoms with E-state index >= 15 is 0 Å². The molecule has 156 valence electrons. The summed E-state index contributed by atoms with van der Waals surface area (Å²) >= 11 is 0. The standard InChI is InChI=1S/C23H13F3O4S/c24-23(25,26)31(27,28)30-19-11-10-17(14-6-2-1-3-7-14)22-21(19)18-12-15-8-4-5-9-16(15)13-20(18)29-22/h1-13H. The summed E-state index contributed by atoms with van der Waals surface area (Å²) in [7, 11) is -5.85. The molecule has 5 rings (SSSR count). The number of fused-ring (bicyclic) bond motifs is 4. The first kappa shape index (κ1) is 19.4. The van der Waals surface area contributed by atoms with Crippen LogP contribution in [0.5, 0.6) is 5.75 Å². The summed E-state index contributed by atoms with van der Waals surface area (Å²) in [4.78, 5) is 0. The lowest BCUT2D eigenvalue weighted by Gasteiger charge is -2.11. The van der Waals surface area contributed by atoms with Gasteiger partial charge in [0, 0.05) is 10.9 Å². The van der Waals surface area contributed by atoms with Gasteiger partial charge in [-0.1, -0.05) is 54.6 Å². The molecule has 31 heavy (non-hydrogen) atoms. The van der Waals surface area contributed by atoms with Crippen molar-refractivity contribution in [1.29, 1.82) is 0 Å². The Hall–Kier alpha value is -3.52. The van der Waals surface area contributed by atoms with E-state index in [-0.39, 0.29) is 11.0 Å². The molecule has 0 saturated heterocycles. The van der Waals surface area contributed by atoms with Crippen molar-refractivity contribution in [3.05, 3.63) is 78.9 Å². The predicted molar refractivity (Wildman–Crippen MR) is 112 cm³/mol. The van der Waals surface area contributed by atoms with Gasteiger partial charge in [0.2, 0.25) is 0 Å². The molecule has 0 aliphatic carbocycles. The molecule has 0 aliphatic heterocycles. The van der Waals surface area contributed by atoms with Gasteiger partial charge in [-0.25, -0.2) is 0 Å². The monoisotopic (exact) mass is 442 g/mol. The van der Waals surface area contributed by atoms with Crippen LogP contribution in [0.1, 0.15) is 0 Å². The van der Waals surface area contributed by atoms with E-state index in [0.29, 0.717) is 16.5 Å². The van der Waals surface area contributed by atoms with E-state index in [4.69, 9.17) is 4.42 Å². The summed E-state index contributed by atoms with van der Waals surface area (Å²) < 4.78 is 72.9. The van der Waals surface area contributed by atoms with Gasteiger partial charge in [0.25, 0.3) is 0 Å². The Kier molecular flexibility index (Phi) is 4.23. The van der Waals surface area contributed by atoms with E-state index in [9.17, 15) is 21.6 Å². The molecular formula is C23H13F3O4S. The highest BCUT2D eigenvalue weighted by Gasteiger charge is 2.49. The van der Waals surface area contributed by atoms with Crippen molar-refractivity contribution in [2.24, 2.45) is 0 Å². The van der Waals surface area contributed by atoms with Crippen molar-refractivity contribution in [1.82, 2.24) is 0 Å². The highest BCUT2D eigenvalue weighted by Crippen LogP contribution is 2.43. The maximum absolute atomic E-state index is 13.0. The largest absolute Gasteiger partial charge is 0.534 e. The van der Waals surface area contributed by atoms with Gasteiger partial charge in [0.1, 0.15) is 11.2 Å². The minimum absolute atomic E-state index is 0.162. The Morgan fingerprint density at radius 1 is 0.806 bits per heavy atom. The number of hydrogen-bond acceptors (Lipinski definition) is 4. The molecule has 4 nitrogen and oxygen atoms in total. The molecule has 0 N–H and O–H groups in total. The van der Waals surface area contributed by atoms with Crippen LogP contribution in [0.2, 0.25) is 0 Å². The topological polar surface area (TPSA) is 56.5 Å². The number of alkyl halides is 3. The minimum Gasteiger partial charge on any atom is -0.455 e. The molecule has 1 heterocycles. The number of hydrogen-bond donors (Lipinski definition) is 0. The Bertz CT molecular complexity index is 1550. The Morgan fingerprint density at radius 2 is 1.45 bits per heavy atom. The average molecular weight is 442 g/mol. The van der Waals surface area contributed by atoms with Crippen molar-refractivity contribution in [3.63, 3.8) is 0 Å². The molecule has 0 radical (unpaired) electrons. The zero-order valence-corrected chi connectivity index (χ0v) is 16.5. The van der Waals surface area contributed by atoms with Crippen LogP contribution in [-0.4, -0.2) is 13.9 Å². The molecule has 0 fully saturated rings. The van der Waals surface area contributed by atoms with E-state index in [0.717, 1.165) is 16.3 Å². The third kappa shape index (κ3) is 3.19. The van der Waals surface area contributed by atoms with E-state index in [1.807, 2.05) is 54.6 Å². The number of halogens is 3. The third-order valence-electron chi connectivity index (χ3n) is 5.02. The summed E-state index contributed by atoms with van der Waals surface area (Å²) in [5.41, 5.74) is -3.53. The predicted octanol–water partition coefficient (Wildman–Crippen LogP) is 6.63. The molecule has 0 unspecified atom stereocenters. The fourth-order valence-electron chi connectivity index (χ4n) is 3.61. The second-order valence-electron chi connectivity index (χ2n) is 6.96. The highest BCUT2D eigenvalue weighted by atomic mass is 32.2. The summed E-state index contributed by atoms with van der Waals surface area (Å²) in [5.74, 6) is -0.443. The first-order valence-electron chi connectivity index (χ1n) is 9.19. The molecule has 1 aromatic heterocycles. The van der Waals surface area contributed by atoms with E-state index in [2.05, 4.69) is 4.18 Å². The molecule has 0 atom stereocenters. The Balaban J connectivity index is 1.86. The first-order chi connectivity index (χ1) is 14.7. The van der Waals surface area contributed by atoms with Crippen LogP contribution < -0.4 is 4.18 Å². The fourth-order valence-corrected chi connectivity index (χ4v) is 4.08. The normalized spacial score (nSPS) is 12.6. The van der Waals surface area contributed by atoms with Gasteiger partial charge in [-0.05, 0) is 40.6 Å². The summed E-state index contributed by atoms with van der Waals surface area (Å²) in [5, 5.41) is 2.32. The van der Waals surface area contributed by atoms with Crippen LogP contribution >= 0.6 is 0 Å². The fraction of sp³-hybridized carbons (Fsp3) is 0.0435. The average Bonchev–Trinajstić information content (AvgIpc) is 3.10. The second-order valence-corrected chi connectivity index (χ2v) is 8.50. The van der Waals surface area contributed by atoms with Gasteiger partial charge in [0.05, 0.1) is 5.39 Å². The zero-order chi connectivity index (χ0) is 21.8. The molecule has 0 saturated carbocycles. The molecule has 0 amide bonds. The van der Waals surface area contributed by atoms with E-state index in [1.165, 1.54) is 12.1 Å². The lowest BCUT2D eigenvalue weighted by atomic mass is 10.0. The summed E-state index contributed by atoms with van der Waals surface area (Å²) in [6, 6.07) is 22.8. The lowest BCUT2D eigenvalue weighted by Crippen LogP contribution is -2.28. The Morgan fingerprint density at radius 3 is 2.13 bits per heavy atom. The lowest BCUT2D eigenvalue weighted by molar-refractivity contribution is -0.0499. The van der Waals surface area contributed by atoms with Crippen LogP contribution in [0.3, 0.4) is 0 Å². The minimum atomic E-state index is -5.85. The van der Waals surface area contributed by atoms with Gasteiger partial charge in [0.15, 0.2) is 5.75 Å². The Labute approximate surface area is 174 Å². The molecule has 0 bridgehead atoms. The van der Waals surface area contributed by atoms with E-state index in [1.54, 1.807) is 12.1 Å².